The zero-order chi connectivity index (χ0) is 21.3. The van der Waals surface area contributed by atoms with Gasteiger partial charge in [-0.25, -0.2) is 17.2 Å². The Morgan fingerprint density at radius 1 is 1.17 bits per heavy atom. The van der Waals surface area contributed by atoms with Crippen LogP contribution in [0.2, 0.25) is 0 Å². The number of benzene rings is 1. The minimum absolute atomic E-state index is 0. The third-order valence-electron chi connectivity index (χ3n) is 5.28. The van der Waals surface area contributed by atoms with Gasteiger partial charge in [0.15, 0.2) is 27.5 Å². The van der Waals surface area contributed by atoms with Gasteiger partial charge in [0.1, 0.15) is 10.7 Å². The Bertz CT molecular complexity index is 923. The van der Waals surface area contributed by atoms with Crippen molar-refractivity contribution in [2.45, 2.75) is 36.3 Å². The summed E-state index contributed by atoms with van der Waals surface area (Å²) in [4.78, 5) is 26.9. The predicted molar refractivity (Wildman–Crippen MR) is 106 cm³/mol. The molecule has 1 aromatic carbocycles. The molecule has 1 atom stereocenters. The lowest BCUT2D eigenvalue weighted by Gasteiger charge is -2.36. The first-order valence-electron chi connectivity index (χ1n) is 9.26. The molecule has 2 N–H and O–H groups in total. The number of nitrogens with zero attached hydrogens (tertiary/aromatic N) is 2. The zero-order valence-corrected chi connectivity index (χ0v) is 18.0. The van der Waals surface area contributed by atoms with E-state index >= 15 is 0 Å². The van der Waals surface area contributed by atoms with Crippen molar-refractivity contribution in [1.29, 1.82) is 0 Å². The summed E-state index contributed by atoms with van der Waals surface area (Å²) in [6.45, 7) is 1.36. The van der Waals surface area contributed by atoms with Gasteiger partial charge in [0.2, 0.25) is 5.91 Å². The second-order valence-electron chi connectivity index (χ2n) is 7.23. The average molecular weight is 468 g/mol. The Labute approximate surface area is 179 Å². The summed E-state index contributed by atoms with van der Waals surface area (Å²) < 4.78 is 56.6. The summed E-state index contributed by atoms with van der Waals surface area (Å²) in [7, 11) is -3.93. The molecule has 0 bridgehead atoms. The fourth-order valence-corrected chi connectivity index (χ4v) is 4.47. The van der Waals surface area contributed by atoms with Gasteiger partial charge >= 0.3 is 0 Å². The van der Waals surface area contributed by atoms with E-state index in [9.17, 15) is 26.8 Å². The molecule has 2 saturated heterocycles. The van der Waals surface area contributed by atoms with Gasteiger partial charge in [-0.05, 0) is 18.9 Å². The van der Waals surface area contributed by atoms with Gasteiger partial charge in [-0.3, -0.25) is 9.59 Å². The minimum Gasteiger partial charge on any atom is -0.477 e. The molecule has 0 aromatic heterocycles. The second kappa shape index (κ2) is 9.44. The van der Waals surface area contributed by atoms with Gasteiger partial charge in [0.05, 0.1) is 6.54 Å². The number of carbonyl (C=O) groups is 2. The van der Waals surface area contributed by atoms with E-state index in [0.717, 1.165) is 6.26 Å². The van der Waals surface area contributed by atoms with Crippen molar-refractivity contribution in [1.82, 2.24) is 9.80 Å². The van der Waals surface area contributed by atoms with Crippen molar-refractivity contribution in [3.63, 3.8) is 0 Å². The number of hydrogen-bond acceptors (Lipinski definition) is 6. The molecule has 2 amide bonds. The lowest BCUT2D eigenvalue weighted by atomic mass is 10.0. The van der Waals surface area contributed by atoms with E-state index in [4.69, 9.17) is 10.5 Å². The summed E-state index contributed by atoms with van der Waals surface area (Å²) in [5.41, 5.74) is 5.37. The van der Waals surface area contributed by atoms with Crippen LogP contribution < -0.4 is 10.5 Å². The normalized spacial score (nSPS) is 20.3. The Hall–Kier alpha value is -1.98. The van der Waals surface area contributed by atoms with Gasteiger partial charge in [-0.2, -0.15) is 0 Å². The van der Waals surface area contributed by atoms with Crippen LogP contribution in [0.15, 0.2) is 17.0 Å². The van der Waals surface area contributed by atoms with E-state index in [1.165, 1.54) is 0 Å². The van der Waals surface area contributed by atoms with E-state index < -0.39 is 38.2 Å². The molecule has 8 nitrogen and oxygen atoms in total. The first-order chi connectivity index (χ1) is 13.6. The number of likely N-dealkylation sites (tertiary alicyclic amines) is 2. The maximum absolute atomic E-state index is 14.2. The van der Waals surface area contributed by atoms with Crippen LogP contribution in [0.1, 0.15) is 19.3 Å². The van der Waals surface area contributed by atoms with Crippen molar-refractivity contribution in [2.75, 3.05) is 32.4 Å². The van der Waals surface area contributed by atoms with Crippen molar-refractivity contribution in [3.8, 4) is 5.75 Å². The highest BCUT2D eigenvalue weighted by molar-refractivity contribution is 7.90. The third kappa shape index (κ3) is 5.01. The van der Waals surface area contributed by atoms with Crippen LogP contribution in [0.5, 0.6) is 5.75 Å². The van der Waals surface area contributed by atoms with E-state index in [0.29, 0.717) is 51.0 Å². The van der Waals surface area contributed by atoms with Crippen LogP contribution in [-0.2, 0) is 19.4 Å². The lowest BCUT2D eigenvalue weighted by Crippen LogP contribution is -2.49. The first kappa shape index (κ1) is 24.3. The van der Waals surface area contributed by atoms with Crippen molar-refractivity contribution < 1.29 is 31.5 Å². The molecule has 2 aliphatic heterocycles. The molecule has 12 heteroatoms. The number of carbonyl (C=O) groups excluding carboxylic acids is 2. The van der Waals surface area contributed by atoms with Crippen LogP contribution in [0.3, 0.4) is 0 Å². The first-order valence-corrected chi connectivity index (χ1v) is 11.1. The number of halogens is 3. The molecule has 0 radical (unpaired) electrons. The zero-order valence-electron chi connectivity index (χ0n) is 16.3. The number of piperidine rings is 1. The van der Waals surface area contributed by atoms with Gasteiger partial charge < -0.3 is 20.3 Å². The van der Waals surface area contributed by atoms with Crippen LogP contribution in [-0.4, -0.2) is 74.6 Å². The average Bonchev–Trinajstić information content (AvgIpc) is 3.03. The van der Waals surface area contributed by atoms with Gasteiger partial charge in [-0.1, -0.05) is 0 Å². The number of nitrogens with two attached hydrogens (primary N) is 1. The Balaban J connectivity index is 0.00000320. The molecule has 2 heterocycles. The van der Waals surface area contributed by atoms with E-state index in [-0.39, 0.29) is 36.8 Å². The number of amides is 2. The summed E-state index contributed by atoms with van der Waals surface area (Å²) in [5.74, 6) is -3.15. The third-order valence-corrected chi connectivity index (χ3v) is 6.39. The van der Waals surface area contributed by atoms with E-state index in [2.05, 4.69) is 0 Å². The molecule has 0 spiro atoms. The van der Waals surface area contributed by atoms with E-state index in [1.807, 2.05) is 0 Å². The van der Waals surface area contributed by atoms with Crippen LogP contribution >= 0.6 is 12.4 Å². The Morgan fingerprint density at radius 3 is 2.37 bits per heavy atom. The van der Waals surface area contributed by atoms with E-state index in [1.54, 1.807) is 9.80 Å². The second-order valence-corrected chi connectivity index (χ2v) is 9.21. The molecule has 1 aromatic rings. The Kier molecular flexibility index (Phi) is 7.64. The summed E-state index contributed by atoms with van der Waals surface area (Å²) in [6.07, 6.45) is 1.31. The molecule has 3 rings (SSSR count). The SMILES string of the molecule is CS(=O)(=O)c1cc(F)c(OC2CCN(C3CCN(C(=O)CN)CC3)C2=O)cc1F.Cl. The van der Waals surface area contributed by atoms with Crippen LogP contribution in [0, 0.1) is 11.6 Å². The standard InChI is InChI=1S/C18H23F2N3O5S.ClH/c1-29(26,27)16-9-12(19)15(8-13(16)20)28-14-4-7-23(18(14)25)11-2-5-22(6-3-11)17(24)10-21;/h8-9,11,14H,2-7,10,21H2,1H3;1H. The predicted octanol–water partition coefficient (Wildman–Crippen LogP) is 0.719. The monoisotopic (exact) mass is 467 g/mol. The van der Waals surface area contributed by atoms with Crippen molar-refractivity contribution in [2.24, 2.45) is 5.73 Å². The molecule has 168 valence electrons. The number of rotatable bonds is 5. The molecule has 2 aliphatic rings. The highest BCUT2D eigenvalue weighted by atomic mass is 35.5. The van der Waals surface area contributed by atoms with Crippen LogP contribution in [0.25, 0.3) is 0 Å². The lowest BCUT2D eigenvalue weighted by molar-refractivity contribution is -0.137. The topological polar surface area (TPSA) is 110 Å². The number of hydrogen-bond donors (Lipinski definition) is 1. The highest BCUT2D eigenvalue weighted by Gasteiger charge is 2.39. The molecule has 2 fully saturated rings. The van der Waals surface area contributed by atoms with Gasteiger partial charge in [-0.15, -0.1) is 12.4 Å². The molecular weight excluding hydrogens is 444 g/mol. The quantitative estimate of drug-likeness (QED) is 0.683. The molecule has 0 aliphatic carbocycles. The summed E-state index contributed by atoms with van der Waals surface area (Å²) in [5, 5.41) is 0. The number of ether oxygens (including phenoxy) is 1. The summed E-state index contributed by atoms with van der Waals surface area (Å²) >= 11 is 0. The smallest absolute Gasteiger partial charge is 0.263 e. The summed E-state index contributed by atoms with van der Waals surface area (Å²) in [6, 6.07) is 1.15. The van der Waals surface area contributed by atoms with Crippen molar-refractivity contribution >= 4 is 34.1 Å². The maximum Gasteiger partial charge on any atom is 0.263 e. The van der Waals surface area contributed by atoms with Gasteiger partial charge in [0, 0.05) is 44.4 Å². The largest absolute Gasteiger partial charge is 0.477 e. The molecular formula is C18H24ClF2N3O5S. The maximum atomic E-state index is 14.2. The molecule has 30 heavy (non-hydrogen) atoms. The minimum atomic E-state index is -3.93. The number of sulfone groups is 1. The fourth-order valence-electron chi connectivity index (χ4n) is 3.74. The fraction of sp³-hybridized carbons (Fsp3) is 0.556. The van der Waals surface area contributed by atoms with Crippen molar-refractivity contribution in [3.05, 3.63) is 23.8 Å². The molecule has 0 saturated carbocycles. The van der Waals surface area contributed by atoms with Crippen LogP contribution in [0.4, 0.5) is 8.78 Å². The van der Waals surface area contributed by atoms with Gasteiger partial charge in [0.25, 0.3) is 5.91 Å². The highest BCUT2D eigenvalue weighted by Crippen LogP contribution is 2.29. The molecule has 1 unspecified atom stereocenters. The Morgan fingerprint density at radius 2 is 1.80 bits per heavy atom.